The Labute approximate surface area is 132 Å². The minimum absolute atomic E-state index is 0.00680. The maximum absolute atomic E-state index is 13.1. The smallest absolute Gasteiger partial charge is 0.269 e. The molecule has 2 aromatic carbocycles. The molecule has 6 heteroatoms. The Hall–Kier alpha value is -2.89. The van der Waals surface area contributed by atoms with Crippen LogP contribution in [-0.4, -0.2) is 31.5 Å². The molecule has 23 heavy (non-hydrogen) atoms. The van der Waals surface area contributed by atoms with E-state index >= 15 is 0 Å². The van der Waals surface area contributed by atoms with Gasteiger partial charge in [0.2, 0.25) is 0 Å². The number of hydrogen-bond acceptors (Lipinski definition) is 3. The van der Waals surface area contributed by atoms with Gasteiger partial charge in [0.25, 0.3) is 11.8 Å². The first-order valence-electron chi connectivity index (χ1n) is 7.13. The molecule has 0 bridgehead atoms. The second kappa shape index (κ2) is 6.08. The van der Waals surface area contributed by atoms with Crippen molar-refractivity contribution in [1.29, 1.82) is 0 Å². The normalized spacial score (nSPS) is 16.5. The third-order valence-electron chi connectivity index (χ3n) is 3.64. The summed E-state index contributed by atoms with van der Waals surface area (Å²) in [5, 5.41) is 2.60. The molecule has 0 saturated heterocycles. The molecular weight excluding hydrogens is 299 g/mol. The Bertz CT molecular complexity index is 763. The summed E-state index contributed by atoms with van der Waals surface area (Å²) >= 11 is 0. The highest BCUT2D eigenvalue weighted by Crippen LogP contribution is 2.32. The molecule has 0 aliphatic carbocycles. The monoisotopic (exact) mass is 314 g/mol. The number of carbonyl (C=O) groups excluding carboxylic acids is 2. The molecule has 1 atom stereocenters. The summed E-state index contributed by atoms with van der Waals surface area (Å²) in [6.07, 6.45) is -0.813. The Morgan fingerprint density at radius 3 is 2.83 bits per heavy atom. The molecule has 2 aromatic rings. The topological polar surface area (TPSA) is 58.6 Å². The van der Waals surface area contributed by atoms with Crippen LogP contribution in [0.5, 0.6) is 5.75 Å². The van der Waals surface area contributed by atoms with Gasteiger partial charge in [0.15, 0.2) is 6.10 Å². The van der Waals surface area contributed by atoms with E-state index in [2.05, 4.69) is 5.32 Å². The van der Waals surface area contributed by atoms with Crippen LogP contribution in [0, 0.1) is 5.82 Å². The SMILES string of the molecule is CN1C(=O)C(CNC(=O)c2cccc(F)c2)Oc2ccccc21. The highest BCUT2D eigenvalue weighted by Gasteiger charge is 2.32. The van der Waals surface area contributed by atoms with Crippen molar-refractivity contribution in [3.05, 3.63) is 59.9 Å². The highest BCUT2D eigenvalue weighted by atomic mass is 19.1. The van der Waals surface area contributed by atoms with Gasteiger partial charge in [-0.15, -0.1) is 0 Å². The van der Waals surface area contributed by atoms with Crippen molar-refractivity contribution < 1.29 is 18.7 Å². The molecule has 5 nitrogen and oxygen atoms in total. The lowest BCUT2D eigenvalue weighted by Crippen LogP contribution is -2.49. The summed E-state index contributed by atoms with van der Waals surface area (Å²) in [5.74, 6) is -0.610. The van der Waals surface area contributed by atoms with E-state index < -0.39 is 17.8 Å². The van der Waals surface area contributed by atoms with E-state index in [9.17, 15) is 14.0 Å². The zero-order chi connectivity index (χ0) is 16.4. The van der Waals surface area contributed by atoms with Crippen LogP contribution in [0.15, 0.2) is 48.5 Å². The van der Waals surface area contributed by atoms with Crippen molar-refractivity contribution in [1.82, 2.24) is 5.32 Å². The number of likely N-dealkylation sites (N-methyl/N-ethyl adjacent to an activating group) is 1. The number of nitrogens with one attached hydrogen (secondary N) is 1. The average molecular weight is 314 g/mol. The Balaban J connectivity index is 1.69. The minimum atomic E-state index is -0.813. The van der Waals surface area contributed by atoms with Crippen molar-refractivity contribution in [2.45, 2.75) is 6.10 Å². The number of amides is 2. The van der Waals surface area contributed by atoms with Crippen LogP contribution in [-0.2, 0) is 4.79 Å². The van der Waals surface area contributed by atoms with Gasteiger partial charge in [0, 0.05) is 12.6 Å². The lowest BCUT2D eigenvalue weighted by Gasteiger charge is -2.31. The van der Waals surface area contributed by atoms with Crippen LogP contribution in [0.3, 0.4) is 0 Å². The van der Waals surface area contributed by atoms with Crippen molar-refractivity contribution in [3.8, 4) is 5.75 Å². The van der Waals surface area contributed by atoms with Crippen molar-refractivity contribution in [2.75, 3.05) is 18.5 Å². The fourth-order valence-electron chi connectivity index (χ4n) is 2.42. The number of carbonyl (C=O) groups is 2. The molecule has 118 valence electrons. The Morgan fingerprint density at radius 2 is 2.04 bits per heavy atom. The fraction of sp³-hybridized carbons (Fsp3) is 0.176. The molecule has 2 amide bonds. The lowest BCUT2D eigenvalue weighted by molar-refractivity contribution is -0.125. The van der Waals surface area contributed by atoms with E-state index in [1.807, 2.05) is 12.1 Å². The van der Waals surface area contributed by atoms with Gasteiger partial charge < -0.3 is 15.0 Å². The predicted molar refractivity (Wildman–Crippen MR) is 83.0 cm³/mol. The second-order valence-electron chi connectivity index (χ2n) is 5.19. The first-order chi connectivity index (χ1) is 11.1. The number of fused-ring (bicyclic) bond motifs is 1. The fourth-order valence-corrected chi connectivity index (χ4v) is 2.42. The lowest BCUT2D eigenvalue weighted by atomic mass is 10.1. The number of rotatable bonds is 3. The molecule has 0 aromatic heterocycles. The number of hydrogen-bond donors (Lipinski definition) is 1. The molecule has 1 N–H and O–H groups in total. The molecular formula is C17H15FN2O3. The summed E-state index contributed by atoms with van der Waals surface area (Å²) in [5.41, 5.74) is 0.882. The molecule has 0 spiro atoms. The van der Waals surface area contributed by atoms with Crippen LogP contribution in [0.25, 0.3) is 0 Å². The Kier molecular flexibility index (Phi) is 3.97. The molecule has 1 aliphatic rings. The van der Waals surface area contributed by atoms with Crippen LogP contribution < -0.4 is 15.0 Å². The van der Waals surface area contributed by atoms with Gasteiger partial charge in [-0.1, -0.05) is 18.2 Å². The molecule has 0 radical (unpaired) electrons. The second-order valence-corrected chi connectivity index (χ2v) is 5.19. The van der Waals surface area contributed by atoms with Gasteiger partial charge in [-0.25, -0.2) is 4.39 Å². The quantitative estimate of drug-likeness (QED) is 0.942. The first-order valence-corrected chi connectivity index (χ1v) is 7.13. The van der Waals surface area contributed by atoms with E-state index in [4.69, 9.17) is 4.74 Å². The number of ether oxygens (including phenoxy) is 1. The number of benzene rings is 2. The first kappa shape index (κ1) is 15.0. The van der Waals surface area contributed by atoms with E-state index in [0.29, 0.717) is 11.4 Å². The van der Waals surface area contributed by atoms with Gasteiger partial charge in [-0.3, -0.25) is 9.59 Å². The summed E-state index contributed by atoms with van der Waals surface area (Å²) in [6, 6.07) is 12.5. The van der Waals surface area contributed by atoms with Crippen molar-refractivity contribution >= 4 is 17.5 Å². The molecule has 1 unspecified atom stereocenters. The standard InChI is InChI=1S/C17H15FN2O3/c1-20-13-7-2-3-8-14(13)23-15(17(20)22)10-19-16(21)11-5-4-6-12(18)9-11/h2-9,15H,10H2,1H3,(H,19,21). The predicted octanol–water partition coefficient (Wildman–Crippen LogP) is 1.98. The third-order valence-corrected chi connectivity index (χ3v) is 3.64. The van der Waals surface area contributed by atoms with Gasteiger partial charge in [-0.2, -0.15) is 0 Å². The van der Waals surface area contributed by atoms with E-state index in [-0.39, 0.29) is 18.0 Å². The molecule has 3 rings (SSSR count). The zero-order valence-corrected chi connectivity index (χ0v) is 12.5. The molecule has 1 aliphatic heterocycles. The Morgan fingerprint density at radius 1 is 1.26 bits per heavy atom. The zero-order valence-electron chi connectivity index (χ0n) is 12.5. The van der Waals surface area contributed by atoms with Gasteiger partial charge in [0.1, 0.15) is 11.6 Å². The van der Waals surface area contributed by atoms with Gasteiger partial charge in [0.05, 0.1) is 12.2 Å². The van der Waals surface area contributed by atoms with Crippen molar-refractivity contribution in [2.24, 2.45) is 0 Å². The van der Waals surface area contributed by atoms with Crippen LogP contribution in [0.1, 0.15) is 10.4 Å². The molecule has 0 saturated carbocycles. The van der Waals surface area contributed by atoms with Crippen LogP contribution >= 0.6 is 0 Å². The van der Waals surface area contributed by atoms with Crippen LogP contribution in [0.4, 0.5) is 10.1 Å². The molecule has 0 fully saturated rings. The third kappa shape index (κ3) is 3.01. The number of anilines is 1. The number of para-hydroxylation sites is 2. The minimum Gasteiger partial charge on any atom is -0.477 e. The van der Waals surface area contributed by atoms with E-state index in [1.165, 1.54) is 23.1 Å². The maximum atomic E-state index is 13.1. The summed E-state index contributed by atoms with van der Waals surface area (Å²) < 4.78 is 18.8. The van der Waals surface area contributed by atoms with Gasteiger partial charge >= 0.3 is 0 Å². The maximum Gasteiger partial charge on any atom is 0.269 e. The summed E-state index contributed by atoms with van der Waals surface area (Å²) in [4.78, 5) is 25.8. The van der Waals surface area contributed by atoms with E-state index in [0.717, 1.165) is 6.07 Å². The van der Waals surface area contributed by atoms with Gasteiger partial charge in [-0.05, 0) is 30.3 Å². The number of nitrogens with zero attached hydrogens (tertiary/aromatic N) is 1. The largest absolute Gasteiger partial charge is 0.477 e. The van der Waals surface area contributed by atoms with E-state index in [1.54, 1.807) is 19.2 Å². The molecule has 1 heterocycles. The highest BCUT2D eigenvalue weighted by molar-refractivity contribution is 6.00. The average Bonchev–Trinajstić information content (AvgIpc) is 2.56. The summed E-state index contributed by atoms with van der Waals surface area (Å²) in [6.45, 7) is 0.00680. The summed E-state index contributed by atoms with van der Waals surface area (Å²) in [7, 11) is 1.66. The number of halogens is 1. The van der Waals surface area contributed by atoms with Crippen LogP contribution in [0.2, 0.25) is 0 Å². The van der Waals surface area contributed by atoms with Crippen molar-refractivity contribution in [3.63, 3.8) is 0 Å².